The van der Waals surface area contributed by atoms with Crippen molar-refractivity contribution in [1.29, 1.82) is 0 Å². The summed E-state index contributed by atoms with van der Waals surface area (Å²) in [5.41, 5.74) is 5.41. The van der Waals surface area contributed by atoms with Crippen molar-refractivity contribution in [2.45, 2.75) is 29.0 Å². The summed E-state index contributed by atoms with van der Waals surface area (Å²) in [6.07, 6.45) is 1.18. The minimum absolute atomic E-state index is 0.158. The molecule has 1 aromatic carbocycles. The summed E-state index contributed by atoms with van der Waals surface area (Å²) >= 11 is 0. The number of para-hydroxylation sites is 1. The Morgan fingerprint density at radius 1 is 1.29 bits per heavy atom. The lowest BCUT2D eigenvalue weighted by Crippen LogP contribution is -2.49. The van der Waals surface area contributed by atoms with Crippen molar-refractivity contribution in [3.05, 3.63) is 24.3 Å². The topological polar surface area (TPSA) is 81.4 Å². The minimum atomic E-state index is -4.66. The maximum absolute atomic E-state index is 12.8. The number of hydrogen-bond acceptors (Lipinski definition) is 5. The largest absolute Gasteiger partial charge is 0.381 e. The highest BCUT2D eigenvalue weighted by molar-refractivity contribution is 7.91. The molecular formula is C13H18F2N2O3S. The first-order valence-electron chi connectivity index (χ1n) is 6.58. The SMILES string of the molecule is NCC1(Nc2ccccc2S(=O)(=O)C(F)F)CCOCC1. The quantitative estimate of drug-likeness (QED) is 0.861. The van der Waals surface area contributed by atoms with Crippen molar-refractivity contribution in [1.82, 2.24) is 0 Å². The lowest BCUT2D eigenvalue weighted by Gasteiger charge is -2.38. The normalized spacial score (nSPS) is 18.7. The van der Waals surface area contributed by atoms with Crippen molar-refractivity contribution < 1.29 is 21.9 Å². The van der Waals surface area contributed by atoms with Crippen molar-refractivity contribution >= 4 is 15.5 Å². The zero-order valence-electron chi connectivity index (χ0n) is 11.4. The van der Waals surface area contributed by atoms with Crippen LogP contribution in [0.2, 0.25) is 0 Å². The van der Waals surface area contributed by atoms with Gasteiger partial charge in [-0.15, -0.1) is 0 Å². The molecule has 21 heavy (non-hydrogen) atoms. The van der Waals surface area contributed by atoms with Gasteiger partial charge in [0.1, 0.15) is 0 Å². The van der Waals surface area contributed by atoms with Gasteiger partial charge in [-0.25, -0.2) is 8.42 Å². The third-order valence-corrected chi connectivity index (χ3v) is 5.11. The first-order valence-corrected chi connectivity index (χ1v) is 8.13. The lowest BCUT2D eigenvalue weighted by molar-refractivity contribution is 0.0627. The number of ether oxygens (including phenoxy) is 1. The van der Waals surface area contributed by atoms with Gasteiger partial charge in [0.25, 0.3) is 0 Å². The number of rotatable bonds is 5. The highest BCUT2D eigenvalue weighted by Crippen LogP contribution is 2.31. The third kappa shape index (κ3) is 3.33. The van der Waals surface area contributed by atoms with Gasteiger partial charge < -0.3 is 15.8 Å². The second-order valence-electron chi connectivity index (χ2n) is 5.02. The van der Waals surface area contributed by atoms with Crippen molar-refractivity contribution in [2.75, 3.05) is 25.1 Å². The van der Waals surface area contributed by atoms with E-state index in [0.29, 0.717) is 26.1 Å². The van der Waals surface area contributed by atoms with Gasteiger partial charge in [-0.3, -0.25) is 0 Å². The fourth-order valence-corrected chi connectivity index (χ4v) is 3.23. The van der Waals surface area contributed by atoms with E-state index in [1.165, 1.54) is 18.2 Å². The number of halogens is 2. The second-order valence-corrected chi connectivity index (χ2v) is 6.91. The molecule has 1 saturated heterocycles. The smallest absolute Gasteiger partial charge is 0.341 e. The highest BCUT2D eigenvalue weighted by atomic mass is 32.2. The molecule has 1 aliphatic rings. The maximum Gasteiger partial charge on any atom is 0.341 e. The van der Waals surface area contributed by atoms with Crippen LogP contribution in [0.5, 0.6) is 0 Å². The van der Waals surface area contributed by atoms with Crippen LogP contribution in [0.15, 0.2) is 29.2 Å². The van der Waals surface area contributed by atoms with E-state index in [1.54, 1.807) is 6.07 Å². The molecule has 118 valence electrons. The van der Waals surface area contributed by atoms with Gasteiger partial charge >= 0.3 is 5.76 Å². The summed E-state index contributed by atoms with van der Waals surface area (Å²) < 4.78 is 54.3. The molecule has 0 aromatic heterocycles. The molecule has 0 atom stereocenters. The zero-order valence-corrected chi connectivity index (χ0v) is 12.2. The molecule has 0 radical (unpaired) electrons. The molecular weight excluding hydrogens is 302 g/mol. The van der Waals surface area contributed by atoms with Crippen LogP contribution in [-0.2, 0) is 14.6 Å². The Balaban J connectivity index is 2.37. The molecule has 5 nitrogen and oxygen atoms in total. The summed E-state index contributed by atoms with van der Waals surface area (Å²) in [5, 5.41) is 3.06. The van der Waals surface area contributed by atoms with Gasteiger partial charge in [0.05, 0.1) is 16.1 Å². The Morgan fingerprint density at radius 2 is 1.90 bits per heavy atom. The third-order valence-electron chi connectivity index (χ3n) is 3.67. The Labute approximate surface area is 122 Å². The number of nitrogens with two attached hydrogens (primary N) is 1. The van der Waals surface area contributed by atoms with Crippen LogP contribution in [0.25, 0.3) is 0 Å². The monoisotopic (exact) mass is 320 g/mol. The maximum atomic E-state index is 12.8. The first kappa shape index (κ1) is 16.1. The molecule has 1 heterocycles. The van der Waals surface area contributed by atoms with Crippen LogP contribution in [0, 0.1) is 0 Å². The average Bonchev–Trinajstić information content (AvgIpc) is 2.48. The predicted octanol–water partition coefficient (Wildman–Crippen LogP) is 1.60. The van der Waals surface area contributed by atoms with E-state index in [1.807, 2.05) is 0 Å². The predicted molar refractivity (Wildman–Crippen MR) is 75.1 cm³/mol. The van der Waals surface area contributed by atoms with E-state index in [2.05, 4.69) is 5.32 Å². The van der Waals surface area contributed by atoms with Gasteiger partial charge in [0.2, 0.25) is 9.84 Å². The molecule has 0 amide bonds. The molecule has 0 bridgehead atoms. The van der Waals surface area contributed by atoms with E-state index in [-0.39, 0.29) is 12.2 Å². The van der Waals surface area contributed by atoms with E-state index < -0.39 is 26.0 Å². The molecule has 2 rings (SSSR count). The van der Waals surface area contributed by atoms with E-state index in [0.717, 1.165) is 0 Å². The molecule has 3 N–H and O–H groups in total. The number of alkyl halides is 2. The Kier molecular flexibility index (Phi) is 4.80. The Hall–Kier alpha value is -1.25. The average molecular weight is 320 g/mol. The van der Waals surface area contributed by atoms with Crippen LogP contribution < -0.4 is 11.1 Å². The Bertz CT molecular complexity index is 587. The van der Waals surface area contributed by atoms with Gasteiger partial charge in [-0.1, -0.05) is 12.1 Å². The number of anilines is 1. The van der Waals surface area contributed by atoms with Crippen molar-refractivity contribution in [3.63, 3.8) is 0 Å². The van der Waals surface area contributed by atoms with E-state index in [4.69, 9.17) is 10.5 Å². The van der Waals surface area contributed by atoms with Crippen LogP contribution in [0.4, 0.5) is 14.5 Å². The summed E-state index contributed by atoms with van der Waals surface area (Å²) in [6, 6.07) is 5.66. The van der Waals surface area contributed by atoms with Crippen LogP contribution in [0.3, 0.4) is 0 Å². The Morgan fingerprint density at radius 3 is 2.48 bits per heavy atom. The van der Waals surface area contributed by atoms with Gasteiger partial charge in [0, 0.05) is 19.8 Å². The van der Waals surface area contributed by atoms with Crippen LogP contribution in [-0.4, -0.2) is 39.5 Å². The van der Waals surface area contributed by atoms with Crippen LogP contribution >= 0.6 is 0 Å². The molecule has 1 aliphatic heterocycles. The molecule has 0 unspecified atom stereocenters. The number of nitrogens with one attached hydrogen (secondary N) is 1. The molecule has 8 heteroatoms. The molecule has 0 saturated carbocycles. The molecule has 1 fully saturated rings. The van der Waals surface area contributed by atoms with Gasteiger partial charge in [-0.05, 0) is 25.0 Å². The minimum Gasteiger partial charge on any atom is -0.381 e. The fourth-order valence-electron chi connectivity index (χ4n) is 2.34. The summed E-state index contributed by atoms with van der Waals surface area (Å²) in [6.45, 7) is 1.25. The second kappa shape index (κ2) is 6.25. The highest BCUT2D eigenvalue weighted by Gasteiger charge is 2.34. The van der Waals surface area contributed by atoms with Crippen molar-refractivity contribution in [3.8, 4) is 0 Å². The van der Waals surface area contributed by atoms with E-state index >= 15 is 0 Å². The first-order chi connectivity index (χ1) is 9.91. The molecule has 1 aromatic rings. The van der Waals surface area contributed by atoms with Crippen molar-refractivity contribution in [2.24, 2.45) is 5.73 Å². The fraction of sp³-hybridized carbons (Fsp3) is 0.538. The summed E-state index contributed by atoms with van der Waals surface area (Å²) in [4.78, 5) is -0.403. The summed E-state index contributed by atoms with van der Waals surface area (Å²) in [7, 11) is -4.66. The number of sulfone groups is 1. The van der Waals surface area contributed by atoms with Gasteiger partial charge in [0.15, 0.2) is 0 Å². The summed E-state index contributed by atoms with van der Waals surface area (Å²) in [5.74, 6) is -3.45. The van der Waals surface area contributed by atoms with Gasteiger partial charge in [-0.2, -0.15) is 8.78 Å². The van der Waals surface area contributed by atoms with Crippen LogP contribution in [0.1, 0.15) is 12.8 Å². The lowest BCUT2D eigenvalue weighted by atomic mass is 9.90. The van der Waals surface area contributed by atoms with E-state index in [9.17, 15) is 17.2 Å². The molecule has 0 aliphatic carbocycles. The number of benzene rings is 1. The standard InChI is InChI=1S/C13H18F2N2O3S/c14-12(15)21(18,19)11-4-2-1-3-10(11)17-13(9-16)5-7-20-8-6-13/h1-4,12,17H,5-9,16H2. The zero-order chi connectivity index (χ0) is 15.5. The molecule has 0 spiro atoms. The number of hydrogen-bond donors (Lipinski definition) is 2.